The second-order valence-corrected chi connectivity index (χ2v) is 7.81. The second kappa shape index (κ2) is 14.7. The van der Waals surface area contributed by atoms with Crippen LogP contribution in [0.3, 0.4) is 0 Å². The normalized spacial score (nSPS) is 18.8. The minimum Gasteiger partial charge on any atom is -0.378 e. The van der Waals surface area contributed by atoms with Crippen LogP contribution in [-0.2, 0) is 9.53 Å². The van der Waals surface area contributed by atoms with Crippen molar-refractivity contribution in [2.24, 2.45) is 10.9 Å². The van der Waals surface area contributed by atoms with E-state index in [0.29, 0.717) is 12.0 Å². The number of likely N-dealkylation sites (N-methyl/N-ethyl adjacent to an activating group) is 1. The molecule has 1 saturated heterocycles. The molecule has 0 saturated carbocycles. The molecular weight excluding hydrogens is 340 g/mol. The molecule has 0 radical (unpaired) electrons. The number of rotatable bonds is 12. The molecule has 0 aromatic carbocycles. The van der Waals surface area contributed by atoms with Crippen molar-refractivity contribution >= 4 is 11.9 Å². The Bertz CT molecular complexity index is 420. The first-order valence-electron chi connectivity index (χ1n) is 10.9. The molecule has 27 heavy (non-hydrogen) atoms. The molecule has 2 atom stereocenters. The van der Waals surface area contributed by atoms with Gasteiger partial charge < -0.3 is 20.3 Å². The maximum absolute atomic E-state index is 11.9. The third-order valence-electron chi connectivity index (χ3n) is 5.24. The minimum atomic E-state index is 0.0183. The minimum absolute atomic E-state index is 0.0183. The molecule has 0 aromatic heterocycles. The van der Waals surface area contributed by atoms with Gasteiger partial charge in [-0.15, -0.1) is 0 Å². The summed E-state index contributed by atoms with van der Waals surface area (Å²) in [6.45, 7) is 7.33. The van der Waals surface area contributed by atoms with E-state index in [0.717, 1.165) is 44.9 Å². The van der Waals surface area contributed by atoms with Gasteiger partial charge in [-0.05, 0) is 44.4 Å². The Morgan fingerprint density at radius 3 is 2.67 bits per heavy atom. The van der Waals surface area contributed by atoms with Gasteiger partial charge in [-0.1, -0.05) is 33.1 Å². The molecule has 1 amide bonds. The number of nitrogens with zero attached hydrogens (tertiary/aromatic N) is 2. The van der Waals surface area contributed by atoms with Crippen LogP contribution in [0.1, 0.15) is 71.6 Å². The van der Waals surface area contributed by atoms with Crippen LogP contribution in [0, 0.1) is 5.92 Å². The summed E-state index contributed by atoms with van der Waals surface area (Å²) in [5, 5.41) is 6.85. The molecule has 1 aliphatic heterocycles. The van der Waals surface area contributed by atoms with Crippen LogP contribution in [0.4, 0.5) is 0 Å². The molecule has 158 valence electrons. The van der Waals surface area contributed by atoms with Crippen molar-refractivity contribution in [3.63, 3.8) is 0 Å². The van der Waals surface area contributed by atoms with Gasteiger partial charge in [-0.2, -0.15) is 0 Å². The number of carbonyl (C=O) groups is 1. The first-order valence-corrected chi connectivity index (χ1v) is 10.9. The fourth-order valence-corrected chi connectivity index (χ4v) is 3.22. The lowest BCUT2D eigenvalue weighted by Gasteiger charge is -2.23. The number of amides is 1. The Hall–Kier alpha value is -1.30. The lowest BCUT2D eigenvalue weighted by Crippen LogP contribution is -2.41. The van der Waals surface area contributed by atoms with E-state index in [9.17, 15) is 4.79 Å². The summed E-state index contributed by atoms with van der Waals surface area (Å²) < 4.78 is 5.80. The van der Waals surface area contributed by atoms with Crippen molar-refractivity contribution in [1.29, 1.82) is 0 Å². The highest BCUT2D eigenvalue weighted by Crippen LogP contribution is 2.16. The average molecular weight is 383 g/mol. The Kier molecular flexibility index (Phi) is 12.9. The van der Waals surface area contributed by atoms with Crippen LogP contribution >= 0.6 is 0 Å². The molecule has 0 spiro atoms. The SMILES string of the molecule is CCCCC(CC)CNC(=NCC(=O)N(C)C)NCCCC1CCCCO1. The van der Waals surface area contributed by atoms with Crippen LogP contribution in [0.25, 0.3) is 0 Å². The highest BCUT2D eigenvalue weighted by atomic mass is 16.5. The van der Waals surface area contributed by atoms with E-state index < -0.39 is 0 Å². The van der Waals surface area contributed by atoms with E-state index in [1.54, 1.807) is 19.0 Å². The fraction of sp³-hybridized carbons (Fsp3) is 0.905. The zero-order valence-electron chi connectivity index (χ0n) is 18.1. The van der Waals surface area contributed by atoms with Crippen LogP contribution in [0.5, 0.6) is 0 Å². The summed E-state index contributed by atoms with van der Waals surface area (Å²) in [7, 11) is 3.53. The smallest absolute Gasteiger partial charge is 0.243 e. The van der Waals surface area contributed by atoms with Gasteiger partial charge in [0.2, 0.25) is 5.91 Å². The van der Waals surface area contributed by atoms with E-state index in [1.807, 2.05) is 0 Å². The summed E-state index contributed by atoms with van der Waals surface area (Å²) in [6, 6.07) is 0. The molecule has 2 unspecified atom stereocenters. The first-order chi connectivity index (χ1) is 13.1. The number of hydrogen-bond donors (Lipinski definition) is 2. The van der Waals surface area contributed by atoms with Gasteiger partial charge in [0, 0.05) is 33.8 Å². The van der Waals surface area contributed by atoms with E-state index in [2.05, 4.69) is 29.5 Å². The molecule has 1 rings (SSSR count). The van der Waals surface area contributed by atoms with E-state index in [1.165, 1.54) is 38.5 Å². The molecule has 6 heteroatoms. The van der Waals surface area contributed by atoms with Crippen LogP contribution in [-0.4, -0.2) is 63.2 Å². The van der Waals surface area contributed by atoms with Crippen molar-refractivity contribution in [1.82, 2.24) is 15.5 Å². The number of nitrogens with one attached hydrogen (secondary N) is 2. The summed E-state index contributed by atoms with van der Waals surface area (Å²) in [6.07, 6.45) is 11.1. The molecule has 0 aliphatic carbocycles. The molecule has 1 fully saturated rings. The Balaban J connectivity index is 2.43. The zero-order chi connectivity index (χ0) is 19.9. The van der Waals surface area contributed by atoms with Crippen LogP contribution in [0.2, 0.25) is 0 Å². The molecule has 0 bridgehead atoms. The van der Waals surface area contributed by atoms with Gasteiger partial charge in [0.05, 0.1) is 6.10 Å². The first kappa shape index (κ1) is 23.7. The van der Waals surface area contributed by atoms with Gasteiger partial charge in [0.15, 0.2) is 5.96 Å². The fourth-order valence-electron chi connectivity index (χ4n) is 3.22. The van der Waals surface area contributed by atoms with E-state index >= 15 is 0 Å². The summed E-state index contributed by atoms with van der Waals surface area (Å²) >= 11 is 0. The van der Waals surface area contributed by atoms with Gasteiger partial charge >= 0.3 is 0 Å². The number of unbranched alkanes of at least 4 members (excludes halogenated alkanes) is 1. The second-order valence-electron chi connectivity index (χ2n) is 7.81. The number of hydrogen-bond acceptors (Lipinski definition) is 3. The predicted molar refractivity (Wildman–Crippen MR) is 113 cm³/mol. The number of carbonyl (C=O) groups excluding carboxylic acids is 1. The quantitative estimate of drug-likeness (QED) is 0.309. The van der Waals surface area contributed by atoms with Gasteiger partial charge in [0.25, 0.3) is 0 Å². The van der Waals surface area contributed by atoms with Gasteiger partial charge in [-0.3, -0.25) is 4.79 Å². The van der Waals surface area contributed by atoms with Crippen molar-refractivity contribution in [3.8, 4) is 0 Å². The van der Waals surface area contributed by atoms with Crippen molar-refractivity contribution < 1.29 is 9.53 Å². The van der Waals surface area contributed by atoms with Crippen LogP contribution in [0.15, 0.2) is 4.99 Å². The van der Waals surface area contributed by atoms with Gasteiger partial charge in [0.1, 0.15) is 6.54 Å². The monoisotopic (exact) mass is 382 g/mol. The summed E-state index contributed by atoms with van der Waals surface area (Å²) in [5.41, 5.74) is 0. The Morgan fingerprint density at radius 2 is 2.04 bits per heavy atom. The van der Waals surface area contributed by atoms with Crippen molar-refractivity contribution in [2.75, 3.05) is 40.3 Å². The van der Waals surface area contributed by atoms with Crippen LogP contribution < -0.4 is 10.6 Å². The third-order valence-corrected chi connectivity index (χ3v) is 5.24. The maximum atomic E-state index is 11.9. The highest BCUT2D eigenvalue weighted by molar-refractivity contribution is 5.84. The standard InChI is InChI=1S/C21H42N4O2/c1-5-7-11-18(6-2)16-23-21(24-17-20(26)25(3)4)22-14-10-13-19-12-8-9-15-27-19/h18-19H,5-17H2,1-4H3,(H2,22,23,24). The van der Waals surface area contributed by atoms with E-state index in [4.69, 9.17) is 4.74 Å². The topological polar surface area (TPSA) is 66.0 Å². The Labute approximate surface area is 166 Å². The zero-order valence-corrected chi connectivity index (χ0v) is 18.1. The lowest BCUT2D eigenvalue weighted by atomic mass is 9.99. The molecule has 0 aromatic rings. The largest absolute Gasteiger partial charge is 0.378 e. The predicted octanol–water partition coefficient (Wildman–Crippen LogP) is 3.18. The van der Waals surface area contributed by atoms with Crippen molar-refractivity contribution in [3.05, 3.63) is 0 Å². The molecule has 2 N–H and O–H groups in total. The highest BCUT2D eigenvalue weighted by Gasteiger charge is 2.13. The average Bonchev–Trinajstić information content (AvgIpc) is 2.69. The number of guanidine groups is 1. The number of ether oxygens (including phenoxy) is 1. The number of aliphatic imine (C=N–C) groups is 1. The maximum Gasteiger partial charge on any atom is 0.243 e. The summed E-state index contributed by atoms with van der Waals surface area (Å²) in [4.78, 5) is 17.9. The third kappa shape index (κ3) is 11.2. The Morgan fingerprint density at radius 1 is 1.22 bits per heavy atom. The van der Waals surface area contributed by atoms with Gasteiger partial charge in [-0.25, -0.2) is 4.99 Å². The summed E-state index contributed by atoms with van der Waals surface area (Å²) in [5.74, 6) is 1.42. The van der Waals surface area contributed by atoms with E-state index in [-0.39, 0.29) is 12.5 Å². The molecule has 1 aliphatic rings. The molecular formula is C21H42N4O2. The molecule has 1 heterocycles. The van der Waals surface area contributed by atoms with Crippen molar-refractivity contribution in [2.45, 2.75) is 77.7 Å². The molecule has 6 nitrogen and oxygen atoms in total. The lowest BCUT2D eigenvalue weighted by molar-refractivity contribution is -0.127.